The number of hydrogen-bond donors (Lipinski definition) is 0. The molecule has 0 atom stereocenters. The summed E-state index contributed by atoms with van der Waals surface area (Å²) >= 11 is 0. The molecule has 1 aliphatic rings. The van der Waals surface area contributed by atoms with Gasteiger partial charge in [-0.25, -0.2) is 0 Å². The van der Waals surface area contributed by atoms with Crippen LogP contribution in [0.4, 0.5) is 0 Å². The minimum Gasteiger partial charge on any atom is -0.342 e. The lowest BCUT2D eigenvalue weighted by atomic mass is 10.4. The van der Waals surface area contributed by atoms with Gasteiger partial charge in [0.1, 0.15) is 6.42 Å². The van der Waals surface area contributed by atoms with Crippen molar-refractivity contribution in [2.45, 2.75) is 19.3 Å². The Morgan fingerprint density at radius 2 is 2.10 bits per heavy atom. The first-order valence-electron chi connectivity index (χ1n) is 3.49. The Kier molecular flexibility index (Phi) is 2.27. The quantitative estimate of drug-likeness (QED) is 0.530. The van der Waals surface area contributed by atoms with E-state index in [4.69, 9.17) is 5.26 Å². The van der Waals surface area contributed by atoms with E-state index in [1.54, 1.807) is 4.90 Å². The molecule has 3 heteroatoms. The zero-order valence-corrected chi connectivity index (χ0v) is 5.84. The van der Waals surface area contributed by atoms with Crippen LogP contribution in [0.3, 0.4) is 0 Å². The molecule has 1 saturated heterocycles. The minimum absolute atomic E-state index is 0.0139. The standard InChI is InChI=1S/C7H10N2O/c8-4-3-7(10)9-5-1-2-6-9/h1-3,5-6H2. The smallest absolute Gasteiger partial charge is 0.236 e. The van der Waals surface area contributed by atoms with Gasteiger partial charge in [-0.15, -0.1) is 0 Å². The molecule has 0 aromatic heterocycles. The van der Waals surface area contributed by atoms with Crippen molar-refractivity contribution in [1.29, 1.82) is 5.26 Å². The molecule has 0 bridgehead atoms. The van der Waals surface area contributed by atoms with Gasteiger partial charge in [0.25, 0.3) is 0 Å². The zero-order valence-electron chi connectivity index (χ0n) is 5.84. The van der Waals surface area contributed by atoms with Crippen molar-refractivity contribution in [3.63, 3.8) is 0 Å². The van der Waals surface area contributed by atoms with E-state index < -0.39 is 0 Å². The first-order valence-corrected chi connectivity index (χ1v) is 3.49. The number of carbonyl (C=O) groups is 1. The second-order valence-corrected chi connectivity index (χ2v) is 2.42. The van der Waals surface area contributed by atoms with E-state index in [0.29, 0.717) is 0 Å². The van der Waals surface area contributed by atoms with Crippen LogP contribution < -0.4 is 0 Å². The summed E-state index contributed by atoms with van der Waals surface area (Å²) in [6.45, 7) is 1.70. The van der Waals surface area contributed by atoms with Crippen LogP contribution in [-0.4, -0.2) is 23.9 Å². The maximum Gasteiger partial charge on any atom is 0.236 e. The fourth-order valence-electron chi connectivity index (χ4n) is 1.15. The van der Waals surface area contributed by atoms with Crippen molar-refractivity contribution in [3.05, 3.63) is 0 Å². The van der Waals surface area contributed by atoms with Crippen LogP contribution in [0.2, 0.25) is 0 Å². The lowest BCUT2D eigenvalue weighted by Crippen LogP contribution is -2.26. The Hall–Kier alpha value is -1.04. The SMILES string of the molecule is N#CCC(=O)N1CCCC1. The summed E-state index contributed by atoms with van der Waals surface area (Å²) in [6.07, 6.45) is 2.23. The third-order valence-electron chi connectivity index (χ3n) is 1.69. The van der Waals surface area contributed by atoms with Crippen LogP contribution in [0, 0.1) is 11.3 Å². The predicted octanol–water partition coefficient (Wildman–Crippen LogP) is 0.522. The lowest BCUT2D eigenvalue weighted by molar-refractivity contribution is -0.129. The van der Waals surface area contributed by atoms with Crippen LogP contribution in [0.1, 0.15) is 19.3 Å². The van der Waals surface area contributed by atoms with Gasteiger partial charge in [-0.3, -0.25) is 4.79 Å². The molecule has 0 spiro atoms. The molecule has 0 aliphatic carbocycles. The lowest BCUT2D eigenvalue weighted by Gasteiger charge is -2.11. The largest absolute Gasteiger partial charge is 0.342 e. The van der Waals surface area contributed by atoms with E-state index >= 15 is 0 Å². The van der Waals surface area contributed by atoms with Crippen molar-refractivity contribution >= 4 is 5.91 Å². The average molecular weight is 138 g/mol. The number of amides is 1. The van der Waals surface area contributed by atoms with Gasteiger partial charge in [-0.05, 0) is 12.8 Å². The molecular weight excluding hydrogens is 128 g/mol. The van der Waals surface area contributed by atoms with Gasteiger partial charge in [0, 0.05) is 13.1 Å². The van der Waals surface area contributed by atoms with E-state index in [2.05, 4.69) is 0 Å². The second kappa shape index (κ2) is 3.21. The topological polar surface area (TPSA) is 44.1 Å². The Labute approximate surface area is 60.2 Å². The van der Waals surface area contributed by atoms with Crippen molar-refractivity contribution in [2.75, 3.05) is 13.1 Å². The molecular formula is C7H10N2O. The van der Waals surface area contributed by atoms with Crippen LogP contribution >= 0.6 is 0 Å². The molecule has 0 N–H and O–H groups in total. The molecule has 0 radical (unpaired) electrons. The molecule has 3 nitrogen and oxygen atoms in total. The summed E-state index contributed by atoms with van der Waals surface area (Å²) in [5.41, 5.74) is 0. The van der Waals surface area contributed by atoms with Crippen molar-refractivity contribution in [3.8, 4) is 6.07 Å². The number of nitrogens with zero attached hydrogens (tertiary/aromatic N) is 2. The molecule has 1 heterocycles. The normalized spacial score (nSPS) is 16.9. The highest BCUT2D eigenvalue weighted by Crippen LogP contribution is 2.07. The summed E-state index contributed by atoms with van der Waals surface area (Å²) in [4.78, 5) is 12.7. The summed E-state index contributed by atoms with van der Waals surface area (Å²) < 4.78 is 0. The zero-order chi connectivity index (χ0) is 7.40. The molecule has 0 aromatic rings. The van der Waals surface area contributed by atoms with Crippen LogP contribution in [0.15, 0.2) is 0 Å². The summed E-state index contributed by atoms with van der Waals surface area (Å²) in [5.74, 6) is -0.0139. The van der Waals surface area contributed by atoms with E-state index in [0.717, 1.165) is 25.9 Å². The Balaban J connectivity index is 2.34. The highest BCUT2D eigenvalue weighted by atomic mass is 16.2. The number of hydrogen-bond acceptors (Lipinski definition) is 2. The maximum absolute atomic E-state index is 10.9. The number of carbonyl (C=O) groups excluding carboxylic acids is 1. The van der Waals surface area contributed by atoms with Crippen molar-refractivity contribution < 1.29 is 4.79 Å². The Morgan fingerprint density at radius 3 is 2.60 bits per heavy atom. The molecule has 1 aliphatic heterocycles. The van der Waals surface area contributed by atoms with Gasteiger partial charge in [-0.1, -0.05) is 0 Å². The molecule has 0 saturated carbocycles. The van der Waals surface area contributed by atoms with Gasteiger partial charge in [0.2, 0.25) is 5.91 Å². The van der Waals surface area contributed by atoms with Crippen LogP contribution in [0.5, 0.6) is 0 Å². The second-order valence-electron chi connectivity index (χ2n) is 2.42. The molecule has 10 heavy (non-hydrogen) atoms. The summed E-state index contributed by atoms with van der Waals surface area (Å²) in [7, 11) is 0. The highest BCUT2D eigenvalue weighted by Gasteiger charge is 2.16. The van der Waals surface area contributed by atoms with Gasteiger partial charge in [0.15, 0.2) is 0 Å². The Morgan fingerprint density at radius 1 is 1.50 bits per heavy atom. The summed E-state index contributed by atoms with van der Waals surface area (Å²) in [5, 5.41) is 8.20. The predicted molar refractivity (Wildman–Crippen MR) is 36.0 cm³/mol. The van der Waals surface area contributed by atoms with Crippen molar-refractivity contribution in [2.24, 2.45) is 0 Å². The van der Waals surface area contributed by atoms with E-state index in [9.17, 15) is 4.79 Å². The molecule has 1 amide bonds. The molecule has 54 valence electrons. The van der Waals surface area contributed by atoms with Gasteiger partial charge < -0.3 is 4.90 Å². The number of nitriles is 1. The van der Waals surface area contributed by atoms with E-state index in [-0.39, 0.29) is 12.3 Å². The van der Waals surface area contributed by atoms with E-state index in [1.807, 2.05) is 6.07 Å². The molecule has 1 fully saturated rings. The fraction of sp³-hybridized carbons (Fsp3) is 0.714. The molecule has 0 unspecified atom stereocenters. The minimum atomic E-state index is -0.0139. The first kappa shape index (κ1) is 7.07. The average Bonchev–Trinajstić information content (AvgIpc) is 2.38. The number of rotatable bonds is 1. The number of likely N-dealkylation sites (tertiary alicyclic amines) is 1. The van der Waals surface area contributed by atoms with Gasteiger partial charge >= 0.3 is 0 Å². The van der Waals surface area contributed by atoms with Crippen LogP contribution in [-0.2, 0) is 4.79 Å². The van der Waals surface area contributed by atoms with E-state index in [1.165, 1.54) is 0 Å². The third-order valence-corrected chi connectivity index (χ3v) is 1.69. The van der Waals surface area contributed by atoms with Crippen molar-refractivity contribution in [1.82, 2.24) is 4.90 Å². The Bertz CT molecular complexity index is 165. The molecule has 1 rings (SSSR count). The summed E-state index contributed by atoms with van der Waals surface area (Å²) in [6, 6.07) is 1.85. The fourth-order valence-corrected chi connectivity index (χ4v) is 1.15. The van der Waals surface area contributed by atoms with Crippen LogP contribution in [0.25, 0.3) is 0 Å². The highest BCUT2D eigenvalue weighted by molar-refractivity contribution is 5.78. The van der Waals surface area contributed by atoms with Gasteiger partial charge in [0.05, 0.1) is 6.07 Å². The maximum atomic E-state index is 10.9. The first-order chi connectivity index (χ1) is 4.84. The van der Waals surface area contributed by atoms with Gasteiger partial charge in [-0.2, -0.15) is 5.26 Å². The third kappa shape index (κ3) is 1.47. The monoisotopic (exact) mass is 138 g/mol. The molecule has 0 aromatic carbocycles.